The average molecular weight is 411 g/mol. The van der Waals surface area contributed by atoms with Gasteiger partial charge in [-0.25, -0.2) is 4.68 Å². The summed E-state index contributed by atoms with van der Waals surface area (Å²) >= 11 is 0. The molecule has 10 heteroatoms. The molecule has 2 aromatic rings. The highest BCUT2D eigenvalue weighted by atomic mass is 16.6. The topological polar surface area (TPSA) is 142 Å². The molecule has 30 heavy (non-hydrogen) atoms. The molecule has 0 spiro atoms. The number of aromatic nitrogens is 2. The number of nitriles is 2. The molecule has 0 radical (unpaired) electrons. The van der Waals surface area contributed by atoms with Gasteiger partial charge in [-0.1, -0.05) is 0 Å². The molecule has 0 saturated carbocycles. The number of aliphatic hydroxyl groups is 1. The van der Waals surface area contributed by atoms with Crippen molar-refractivity contribution < 1.29 is 19.3 Å². The minimum atomic E-state index is -1.22. The van der Waals surface area contributed by atoms with Crippen molar-refractivity contribution in [2.24, 2.45) is 0 Å². The Balaban J connectivity index is 2.08. The second kappa shape index (κ2) is 8.93. The molecule has 3 rings (SSSR count). The lowest BCUT2D eigenvalue weighted by atomic mass is 9.84. The van der Waals surface area contributed by atoms with Gasteiger partial charge in [0.05, 0.1) is 37.0 Å². The Morgan fingerprint density at radius 2 is 2.00 bits per heavy atom. The summed E-state index contributed by atoms with van der Waals surface area (Å²) in [7, 11) is 2.98. The highest BCUT2D eigenvalue weighted by molar-refractivity contribution is 5.50. The summed E-state index contributed by atoms with van der Waals surface area (Å²) in [5.41, 5.74) is -0.701. The Hall–Kier alpha value is -3.44. The first-order valence-corrected chi connectivity index (χ1v) is 9.08. The van der Waals surface area contributed by atoms with Crippen molar-refractivity contribution in [1.82, 2.24) is 9.78 Å². The van der Waals surface area contributed by atoms with Gasteiger partial charge in [-0.2, -0.15) is 15.6 Å². The largest absolute Gasteiger partial charge is 0.479 e. The van der Waals surface area contributed by atoms with Gasteiger partial charge in [0.1, 0.15) is 24.2 Å². The fourth-order valence-corrected chi connectivity index (χ4v) is 3.49. The third kappa shape index (κ3) is 3.98. The number of methoxy groups -OCH3 is 2. The molecule has 1 aliphatic rings. The Labute approximate surface area is 172 Å². The molecule has 0 bridgehead atoms. The van der Waals surface area contributed by atoms with Gasteiger partial charge in [-0.3, -0.25) is 4.79 Å². The smallest absolute Gasteiger partial charge is 0.267 e. The van der Waals surface area contributed by atoms with E-state index in [-0.39, 0.29) is 25.6 Å². The highest BCUT2D eigenvalue weighted by Crippen LogP contribution is 2.42. The molecular formula is C20H21N5O5. The molecule has 156 valence electrons. The van der Waals surface area contributed by atoms with Crippen molar-refractivity contribution in [2.75, 3.05) is 32.8 Å². The summed E-state index contributed by atoms with van der Waals surface area (Å²) in [5.74, 6) is 0.726. The molecule has 0 aliphatic carbocycles. The van der Waals surface area contributed by atoms with Crippen LogP contribution in [-0.4, -0.2) is 54.0 Å². The molecule has 0 fully saturated rings. The fourth-order valence-electron chi connectivity index (χ4n) is 3.49. The SMILES string of the molecule is COCC1(COC)Oc2ccc(C#N)cc2[C@@H](Nc2ccc(=O)n(CC#N)n2)[C@@H]1O. The van der Waals surface area contributed by atoms with E-state index in [9.17, 15) is 15.2 Å². The zero-order chi connectivity index (χ0) is 21.7. The summed E-state index contributed by atoms with van der Waals surface area (Å²) < 4.78 is 17.7. The van der Waals surface area contributed by atoms with E-state index in [1.165, 1.54) is 26.4 Å². The van der Waals surface area contributed by atoms with Crippen molar-refractivity contribution in [3.8, 4) is 17.9 Å². The first-order valence-electron chi connectivity index (χ1n) is 9.08. The van der Waals surface area contributed by atoms with E-state index in [4.69, 9.17) is 19.5 Å². The summed E-state index contributed by atoms with van der Waals surface area (Å²) in [5, 5.41) is 36.7. The van der Waals surface area contributed by atoms with Crippen LogP contribution in [0.2, 0.25) is 0 Å². The number of nitrogens with one attached hydrogen (secondary N) is 1. The van der Waals surface area contributed by atoms with Crippen LogP contribution in [0.3, 0.4) is 0 Å². The van der Waals surface area contributed by atoms with Crippen molar-refractivity contribution >= 4 is 5.82 Å². The van der Waals surface area contributed by atoms with Crippen molar-refractivity contribution in [1.29, 1.82) is 10.5 Å². The Morgan fingerprint density at radius 1 is 1.27 bits per heavy atom. The predicted octanol–water partition coefficient (Wildman–Crippen LogP) is 0.577. The minimum Gasteiger partial charge on any atom is -0.479 e. The molecule has 0 amide bonds. The van der Waals surface area contributed by atoms with Gasteiger partial charge in [0.25, 0.3) is 5.56 Å². The first kappa shape index (κ1) is 21.3. The number of hydrogen-bond donors (Lipinski definition) is 2. The van der Waals surface area contributed by atoms with Crippen LogP contribution < -0.4 is 15.6 Å². The maximum Gasteiger partial charge on any atom is 0.267 e. The summed E-state index contributed by atoms with van der Waals surface area (Å²) in [6, 6.07) is 10.8. The molecule has 2 N–H and O–H groups in total. The molecule has 1 aromatic carbocycles. The van der Waals surface area contributed by atoms with E-state index < -0.39 is 23.3 Å². The molecule has 0 unspecified atom stereocenters. The number of nitrogens with zero attached hydrogens (tertiary/aromatic N) is 4. The second-order valence-electron chi connectivity index (χ2n) is 6.84. The van der Waals surface area contributed by atoms with Crippen LogP contribution in [0.15, 0.2) is 35.1 Å². The van der Waals surface area contributed by atoms with E-state index >= 15 is 0 Å². The van der Waals surface area contributed by atoms with E-state index in [0.29, 0.717) is 16.9 Å². The third-order valence-electron chi connectivity index (χ3n) is 4.81. The predicted molar refractivity (Wildman–Crippen MR) is 105 cm³/mol. The molecule has 2 atom stereocenters. The lowest BCUT2D eigenvalue weighted by Crippen LogP contribution is -2.60. The van der Waals surface area contributed by atoms with Crippen LogP contribution in [0.25, 0.3) is 0 Å². The first-order chi connectivity index (χ1) is 14.5. The molecule has 1 aromatic heterocycles. The van der Waals surface area contributed by atoms with Crippen LogP contribution in [0.4, 0.5) is 5.82 Å². The van der Waals surface area contributed by atoms with E-state index in [0.717, 1.165) is 4.68 Å². The van der Waals surface area contributed by atoms with Gasteiger partial charge < -0.3 is 24.6 Å². The number of rotatable bonds is 7. The van der Waals surface area contributed by atoms with Gasteiger partial charge in [0.2, 0.25) is 0 Å². The Morgan fingerprint density at radius 3 is 2.63 bits per heavy atom. The monoisotopic (exact) mass is 411 g/mol. The van der Waals surface area contributed by atoms with Crippen LogP contribution in [0.5, 0.6) is 5.75 Å². The van der Waals surface area contributed by atoms with E-state index in [1.54, 1.807) is 18.2 Å². The number of ether oxygens (including phenoxy) is 3. The quantitative estimate of drug-likeness (QED) is 0.668. The number of hydrogen-bond acceptors (Lipinski definition) is 9. The zero-order valence-corrected chi connectivity index (χ0v) is 16.5. The normalized spacial score (nSPS) is 19.1. The van der Waals surface area contributed by atoms with Crippen molar-refractivity contribution in [3.05, 3.63) is 51.8 Å². The van der Waals surface area contributed by atoms with E-state index in [1.807, 2.05) is 6.07 Å². The van der Waals surface area contributed by atoms with Crippen LogP contribution in [-0.2, 0) is 16.0 Å². The van der Waals surface area contributed by atoms with Crippen molar-refractivity contribution in [3.63, 3.8) is 0 Å². The van der Waals surface area contributed by atoms with Gasteiger partial charge >= 0.3 is 0 Å². The lowest BCUT2D eigenvalue weighted by molar-refractivity contribution is -0.142. The Kier molecular flexibility index (Phi) is 6.33. The lowest BCUT2D eigenvalue weighted by Gasteiger charge is -2.45. The number of fused-ring (bicyclic) bond motifs is 1. The summed E-state index contributed by atoms with van der Waals surface area (Å²) in [4.78, 5) is 11.9. The minimum absolute atomic E-state index is 0.0426. The highest BCUT2D eigenvalue weighted by Gasteiger charge is 2.50. The second-order valence-corrected chi connectivity index (χ2v) is 6.84. The van der Waals surface area contributed by atoms with E-state index in [2.05, 4.69) is 16.5 Å². The molecular weight excluding hydrogens is 390 g/mol. The zero-order valence-electron chi connectivity index (χ0n) is 16.5. The fraction of sp³-hybridized carbons (Fsp3) is 0.400. The van der Waals surface area contributed by atoms with Crippen LogP contribution in [0, 0.1) is 22.7 Å². The summed E-state index contributed by atoms with van der Waals surface area (Å²) in [6.07, 6.45) is -1.16. The Bertz CT molecular complexity index is 1050. The van der Waals surface area contributed by atoms with Gasteiger partial charge in [-0.15, -0.1) is 0 Å². The number of anilines is 1. The summed E-state index contributed by atoms with van der Waals surface area (Å²) in [6.45, 7) is -0.126. The number of aliphatic hydroxyl groups excluding tert-OH is 1. The van der Waals surface area contributed by atoms with Crippen molar-refractivity contribution in [2.45, 2.75) is 24.3 Å². The third-order valence-corrected chi connectivity index (χ3v) is 4.81. The average Bonchev–Trinajstić information content (AvgIpc) is 2.74. The van der Waals surface area contributed by atoms with Crippen LogP contribution in [0.1, 0.15) is 17.2 Å². The standard InChI is InChI=1S/C20H21N5O5/c1-28-11-20(12-29-2)19(27)18(14-9-13(10-22)3-4-15(14)30-20)23-16-5-6-17(26)25(24-16)8-7-21/h3-6,9,18-19,27H,8,11-12H2,1-2H3,(H,23,24)/t18-,19+/m1/s1. The van der Waals surface area contributed by atoms with Gasteiger partial charge in [0, 0.05) is 25.8 Å². The molecule has 10 nitrogen and oxygen atoms in total. The molecule has 1 aliphatic heterocycles. The molecule has 2 heterocycles. The van der Waals surface area contributed by atoms with Gasteiger partial charge in [-0.05, 0) is 24.3 Å². The van der Waals surface area contributed by atoms with Gasteiger partial charge in [0.15, 0.2) is 5.60 Å². The maximum atomic E-state index is 11.9. The molecule has 0 saturated heterocycles. The maximum absolute atomic E-state index is 11.9. The van der Waals surface area contributed by atoms with Crippen LogP contribution >= 0.6 is 0 Å². The number of benzene rings is 1.